The van der Waals surface area contributed by atoms with Crippen molar-refractivity contribution in [1.29, 1.82) is 0 Å². The van der Waals surface area contributed by atoms with Crippen molar-refractivity contribution >= 4 is 5.91 Å². The molecule has 3 rings (SSSR count). The first kappa shape index (κ1) is 18.6. The molecule has 27 heavy (non-hydrogen) atoms. The number of rotatable bonds is 7. The maximum Gasteiger partial charge on any atom is 0.253 e. The van der Waals surface area contributed by atoms with Gasteiger partial charge in [0.05, 0.1) is 16.8 Å². The summed E-state index contributed by atoms with van der Waals surface area (Å²) >= 11 is 0. The van der Waals surface area contributed by atoms with Crippen LogP contribution >= 0.6 is 0 Å². The van der Waals surface area contributed by atoms with E-state index in [4.69, 9.17) is 9.26 Å². The van der Waals surface area contributed by atoms with Crippen molar-refractivity contribution in [2.75, 3.05) is 0 Å². The first-order valence-electron chi connectivity index (χ1n) is 8.57. The normalized spacial score (nSPS) is 10.8. The summed E-state index contributed by atoms with van der Waals surface area (Å²) in [4.78, 5) is 16.1. The van der Waals surface area contributed by atoms with Crippen LogP contribution in [0.25, 0.3) is 0 Å². The van der Waals surface area contributed by atoms with Gasteiger partial charge in [-0.05, 0) is 37.6 Å². The highest BCUT2D eigenvalue weighted by atomic mass is 19.1. The van der Waals surface area contributed by atoms with Gasteiger partial charge in [0.15, 0.2) is 0 Å². The van der Waals surface area contributed by atoms with Crippen molar-refractivity contribution in [3.63, 3.8) is 0 Å². The van der Waals surface area contributed by atoms with Gasteiger partial charge in [0, 0.05) is 24.7 Å². The number of carbonyl (C=O) groups excluding carboxylic acids is 1. The lowest BCUT2D eigenvalue weighted by molar-refractivity contribution is 0.0942. The minimum absolute atomic E-state index is 0.0570. The number of ether oxygens (including phenoxy) is 1. The Morgan fingerprint density at radius 2 is 2.00 bits per heavy atom. The monoisotopic (exact) mass is 369 g/mol. The molecule has 0 aliphatic carbocycles. The lowest BCUT2D eigenvalue weighted by atomic mass is 10.1. The van der Waals surface area contributed by atoms with Gasteiger partial charge < -0.3 is 14.6 Å². The minimum atomic E-state index is -0.279. The van der Waals surface area contributed by atoms with Crippen LogP contribution in [0.3, 0.4) is 0 Å². The summed E-state index contributed by atoms with van der Waals surface area (Å²) in [7, 11) is 0. The molecule has 0 radical (unpaired) electrons. The summed E-state index contributed by atoms with van der Waals surface area (Å²) in [5.41, 5.74) is 2.89. The maximum atomic E-state index is 13.0. The highest BCUT2D eigenvalue weighted by molar-refractivity contribution is 5.94. The topological polar surface area (TPSA) is 77.2 Å². The van der Waals surface area contributed by atoms with Crippen LogP contribution in [0.1, 0.15) is 41.0 Å². The molecule has 140 valence electrons. The number of carbonyl (C=O) groups is 1. The Balaban J connectivity index is 1.60. The molecule has 1 aromatic carbocycles. The largest absolute Gasteiger partial charge is 0.473 e. The van der Waals surface area contributed by atoms with Crippen molar-refractivity contribution in [3.8, 4) is 5.88 Å². The molecule has 0 aliphatic heterocycles. The van der Waals surface area contributed by atoms with Gasteiger partial charge >= 0.3 is 0 Å². The van der Waals surface area contributed by atoms with Crippen LogP contribution < -0.4 is 10.1 Å². The van der Waals surface area contributed by atoms with Gasteiger partial charge in [0.2, 0.25) is 5.88 Å². The molecule has 0 atom stereocenters. The predicted octanol–water partition coefficient (Wildman–Crippen LogP) is 3.52. The average Bonchev–Trinajstić information content (AvgIpc) is 3.09. The lowest BCUT2D eigenvalue weighted by Gasteiger charge is -2.09. The fourth-order valence-corrected chi connectivity index (χ4v) is 2.44. The van der Waals surface area contributed by atoms with Crippen LogP contribution in [-0.2, 0) is 13.0 Å². The van der Waals surface area contributed by atoms with E-state index in [0.29, 0.717) is 17.9 Å². The van der Waals surface area contributed by atoms with E-state index in [0.717, 1.165) is 16.8 Å². The molecule has 0 aliphatic rings. The predicted molar refractivity (Wildman–Crippen MR) is 96.9 cm³/mol. The number of amides is 1. The summed E-state index contributed by atoms with van der Waals surface area (Å²) < 4.78 is 23.7. The molecule has 0 saturated heterocycles. The summed E-state index contributed by atoms with van der Waals surface area (Å²) in [5, 5.41) is 6.79. The quantitative estimate of drug-likeness (QED) is 0.690. The number of aromatic nitrogens is 2. The molecule has 0 fully saturated rings. The van der Waals surface area contributed by atoms with Crippen molar-refractivity contribution in [2.24, 2.45) is 0 Å². The van der Waals surface area contributed by atoms with E-state index in [9.17, 15) is 9.18 Å². The van der Waals surface area contributed by atoms with Crippen molar-refractivity contribution in [2.45, 2.75) is 32.9 Å². The Labute approximate surface area is 156 Å². The second-order valence-corrected chi connectivity index (χ2v) is 6.39. The third-order valence-corrected chi connectivity index (χ3v) is 3.81. The minimum Gasteiger partial charge on any atom is -0.473 e. The van der Waals surface area contributed by atoms with Crippen molar-refractivity contribution in [3.05, 3.63) is 77.1 Å². The van der Waals surface area contributed by atoms with Gasteiger partial charge in [-0.1, -0.05) is 17.3 Å². The summed E-state index contributed by atoms with van der Waals surface area (Å²) in [6.07, 6.45) is 3.50. The zero-order valence-corrected chi connectivity index (χ0v) is 15.1. The molecule has 0 saturated carbocycles. The van der Waals surface area contributed by atoms with Crippen molar-refractivity contribution in [1.82, 2.24) is 15.5 Å². The molecule has 0 unspecified atom stereocenters. The first-order valence-corrected chi connectivity index (χ1v) is 8.57. The van der Waals surface area contributed by atoms with Crippen LogP contribution in [0, 0.1) is 5.82 Å². The van der Waals surface area contributed by atoms with Gasteiger partial charge in [0.25, 0.3) is 5.91 Å². The van der Waals surface area contributed by atoms with E-state index in [1.54, 1.807) is 24.3 Å². The third kappa shape index (κ3) is 5.13. The number of nitrogens with zero attached hydrogens (tertiary/aromatic N) is 2. The Morgan fingerprint density at radius 3 is 2.67 bits per heavy atom. The van der Waals surface area contributed by atoms with E-state index < -0.39 is 0 Å². The molecular weight excluding hydrogens is 349 g/mol. The molecule has 2 heterocycles. The van der Waals surface area contributed by atoms with Gasteiger partial charge in [0.1, 0.15) is 18.7 Å². The molecular formula is C20H20FN3O3. The maximum absolute atomic E-state index is 13.0. The molecule has 7 heteroatoms. The zero-order valence-electron chi connectivity index (χ0n) is 15.1. The summed E-state index contributed by atoms with van der Waals surface area (Å²) in [6.45, 7) is 4.02. The smallest absolute Gasteiger partial charge is 0.253 e. The summed E-state index contributed by atoms with van der Waals surface area (Å²) in [6, 6.07) is 9.59. The lowest BCUT2D eigenvalue weighted by Crippen LogP contribution is -2.30. The van der Waals surface area contributed by atoms with Crippen LogP contribution in [0.2, 0.25) is 0 Å². The fraction of sp³-hybridized carbons (Fsp3) is 0.250. The molecule has 1 N–H and O–H groups in total. The Bertz CT molecular complexity index is 890. The molecule has 0 bridgehead atoms. The fourth-order valence-electron chi connectivity index (χ4n) is 2.44. The van der Waals surface area contributed by atoms with Gasteiger partial charge in [-0.2, -0.15) is 0 Å². The van der Waals surface area contributed by atoms with Crippen LogP contribution in [0.4, 0.5) is 4.39 Å². The SMILES string of the molecule is CC(C)NC(=O)c1ccc(OCc2conc2Cc2ccc(F)cc2)nc1. The average molecular weight is 369 g/mol. The number of nitrogens with one attached hydrogen (secondary N) is 1. The molecule has 0 spiro atoms. The number of hydrogen-bond acceptors (Lipinski definition) is 5. The third-order valence-electron chi connectivity index (χ3n) is 3.81. The number of benzene rings is 1. The second-order valence-electron chi connectivity index (χ2n) is 6.39. The first-order chi connectivity index (χ1) is 13.0. The van der Waals surface area contributed by atoms with E-state index in [2.05, 4.69) is 15.5 Å². The second kappa shape index (κ2) is 8.44. The van der Waals surface area contributed by atoms with E-state index >= 15 is 0 Å². The highest BCUT2D eigenvalue weighted by Gasteiger charge is 2.11. The summed E-state index contributed by atoms with van der Waals surface area (Å²) in [5.74, 6) is -0.0613. The van der Waals surface area contributed by atoms with Gasteiger partial charge in [-0.3, -0.25) is 4.79 Å². The number of pyridine rings is 1. The molecule has 2 aromatic heterocycles. The standard InChI is InChI=1S/C20H20FN3O3/c1-13(2)23-20(25)15-5-8-19(22-10-15)26-11-16-12-27-24-18(16)9-14-3-6-17(21)7-4-14/h3-8,10,12-13H,9,11H2,1-2H3,(H,23,25). The van der Waals surface area contributed by atoms with Crippen molar-refractivity contribution < 1.29 is 18.4 Å². The number of hydrogen-bond donors (Lipinski definition) is 1. The van der Waals surface area contributed by atoms with Crippen LogP contribution in [0.15, 0.2) is 53.4 Å². The van der Waals surface area contributed by atoms with E-state index in [1.807, 2.05) is 13.8 Å². The molecule has 3 aromatic rings. The van der Waals surface area contributed by atoms with Gasteiger partial charge in [-0.15, -0.1) is 0 Å². The number of halogens is 1. The Morgan fingerprint density at radius 1 is 1.22 bits per heavy atom. The Hall–Kier alpha value is -3.22. The highest BCUT2D eigenvalue weighted by Crippen LogP contribution is 2.16. The molecule has 1 amide bonds. The van der Waals surface area contributed by atoms with Crippen LogP contribution in [0.5, 0.6) is 5.88 Å². The van der Waals surface area contributed by atoms with E-state index in [1.165, 1.54) is 24.6 Å². The van der Waals surface area contributed by atoms with E-state index in [-0.39, 0.29) is 24.4 Å². The zero-order chi connectivity index (χ0) is 19.2. The van der Waals surface area contributed by atoms with Gasteiger partial charge in [-0.25, -0.2) is 9.37 Å². The van der Waals surface area contributed by atoms with Crippen LogP contribution in [-0.4, -0.2) is 22.1 Å². The molecule has 6 nitrogen and oxygen atoms in total. The Kier molecular flexibility index (Phi) is 5.80.